The van der Waals surface area contributed by atoms with Gasteiger partial charge in [-0.15, -0.1) is 0 Å². The fourth-order valence-corrected chi connectivity index (χ4v) is 2.46. The van der Waals surface area contributed by atoms with Crippen LogP contribution in [0.5, 0.6) is 0 Å². The van der Waals surface area contributed by atoms with Crippen LogP contribution in [0.4, 0.5) is 4.79 Å². The second-order valence-corrected chi connectivity index (χ2v) is 7.42. The number of carbonyl (C=O) groups excluding carboxylic acids is 2. The first-order valence-corrected chi connectivity index (χ1v) is 7.31. The van der Waals surface area contributed by atoms with Gasteiger partial charge in [-0.25, -0.2) is 4.79 Å². The van der Waals surface area contributed by atoms with Gasteiger partial charge >= 0.3 is 12.0 Å². The van der Waals surface area contributed by atoms with Gasteiger partial charge in [0.05, 0.1) is 6.42 Å². The van der Waals surface area contributed by atoms with Crippen LogP contribution < -0.4 is 5.32 Å². The number of piperidine rings is 1. The summed E-state index contributed by atoms with van der Waals surface area (Å²) in [4.78, 5) is 36.2. The van der Waals surface area contributed by atoms with Gasteiger partial charge in [-0.1, -0.05) is 27.7 Å². The standard InChI is InChI=1S/C15H26N2O4/c1-14(2)5-7-17(8-6-14)13(21)16-11(18)9-15(3,4)10-12(19)20/h5-10H2,1-4H3,(H,19,20)(H,16,18,21). The third-order valence-electron chi connectivity index (χ3n) is 3.92. The van der Waals surface area contributed by atoms with E-state index in [9.17, 15) is 14.4 Å². The molecule has 0 atom stereocenters. The van der Waals surface area contributed by atoms with E-state index in [0.29, 0.717) is 13.1 Å². The third-order valence-corrected chi connectivity index (χ3v) is 3.92. The molecule has 0 spiro atoms. The molecule has 6 nitrogen and oxygen atoms in total. The fourth-order valence-electron chi connectivity index (χ4n) is 2.46. The Hall–Kier alpha value is -1.59. The van der Waals surface area contributed by atoms with E-state index in [1.807, 2.05) is 0 Å². The van der Waals surface area contributed by atoms with Crippen molar-refractivity contribution in [1.82, 2.24) is 10.2 Å². The molecule has 21 heavy (non-hydrogen) atoms. The largest absolute Gasteiger partial charge is 0.481 e. The van der Waals surface area contributed by atoms with E-state index in [4.69, 9.17) is 5.11 Å². The summed E-state index contributed by atoms with van der Waals surface area (Å²) in [6, 6.07) is -0.373. The Morgan fingerprint density at radius 3 is 2.14 bits per heavy atom. The summed E-state index contributed by atoms with van der Waals surface area (Å²) in [6.07, 6.45) is 1.75. The van der Waals surface area contributed by atoms with Crippen LogP contribution >= 0.6 is 0 Å². The lowest BCUT2D eigenvalue weighted by molar-refractivity contribution is -0.139. The Balaban J connectivity index is 2.44. The first kappa shape index (κ1) is 17.5. The molecule has 0 aliphatic carbocycles. The maximum atomic E-state index is 12.0. The highest BCUT2D eigenvalue weighted by molar-refractivity contribution is 5.94. The van der Waals surface area contributed by atoms with Gasteiger partial charge in [-0.05, 0) is 23.7 Å². The van der Waals surface area contributed by atoms with Crippen molar-refractivity contribution in [3.63, 3.8) is 0 Å². The molecule has 0 aromatic heterocycles. The Labute approximate surface area is 125 Å². The summed E-state index contributed by atoms with van der Waals surface area (Å²) in [7, 11) is 0. The maximum Gasteiger partial charge on any atom is 0.324 e. The smallest absolute Gasteiger partial charge is 0.324 e. The summed E-state index contributed by atoms with van der Waals surface area (Å²) in [5.74, 6) is -1.37. The van der Waals surface area contributed by atoms with Crippen molar-refractivity contribution < 1.29 is 19.5 Å². The molecule has 0 radical (unpaired) electrons. The van der Waals surface area contributed by atoms with E-state index >= 15 is 0 Å². The number of hydrogen-bond acceptors (Lipinski definition) is 3. The van der Waals surface area contributed by atoms with Gasteiger partial charge in [0, 0.05) is 19.5 Å². The van der Waals surface area contributed by atoms with Crippen molar-refractivity contribution in [1.29, 1.82) is 0 Å². The molecular weight excluding hydrogens is 272 g/mol. The van der Waals surface area contributed by atoms with Crippen LogP contribution in [0.3, 0.4) is 0 Å². The second kappa shape index (κ2) is 6.45. The SMILES string of the molecule is CC1(C)CCN(C(=O)NC(=O)CC(C)(C)CC(=O)O)CC1. The first-order chi connectivity index (χ1) is 9.51. The van der Waals surface area contributed by atoms with Gasteiger partial charge in [0.25, 0.3) is 0 Å². The summed E-state index contributed by atoms with van der Waals surface area (Å²) < 4.78 is 0. The molecule has 0 bridgehead atoms. The highest BCUT2D eigenvalue weighted by Crippen LogP contribution is 2.29. The molecule has 1 aliphatic heterocycles. The number of hydrogen-bond donors (Lipinski definition) is 2. The minimum atomic E-state index is -0.947. The van der Waals surface area contributed by atoms with Gasteiger partial charge in [-0.3, -0.25) is 14.9 Å². The van der Waals surface area contributed by atoms with E-state index in [2.05, 4.69) is 19.2 Å². The summed E-state index contributed by atoms with van der Waals surface area (Å²) in [5.41, 5.74) is -0.426. The molecule has 0 aromatic rings. The number of carbonyl (C=O) groups is 3. The number of imide groups is 1. The number of amides is 3. The molecule has 0 aromatic carbocycles. The number of urea groups is 1. The topological polar surface area (TPSA) is 86.7 Å². The Bertz CT molecular complexity index is 419. The number of rotatable bonds is 4. The molecule has 1 heterocycles. The van der Waals surface area contributed by atoms with Gasteiger partial charge in [0.1, 0.15) is 0 Å². The number of carboxylic acids is 1. The van der Waals surface area contributed by atoms with E-state index in [1.54, 1.807) is 18.7 Å². The lowest BCUT2D eigenvalue weighted by Gasteiger charge is -2.36. The number of nitrogens with one attached hydrogen (secondary N) is 1. The Morgan fingerprint density at radius 2 is 1.67 bits per heavy atom. The monoisotopic (exact) mass is 298 g/mol. The summed E-state index contributed by atoms with van der Waals surface area (Å²) >= 11 is 0. The highest BCUT2D eigenvalue weighted by atomic mass is 16.4. The van der Waals surface area contributed by atoms with Crippen LogP contribution in [-0.4, -0.2) is 41.0 Å². The molecule has 2 N–H and O–H groups in total. The Kier molecular flexibility index (Phi) is 5.36. The number of aliphatic carboxylic acids is 1. The molecule has 6 heteroatoms. The van der Waals surface area contributed by atoms with Gasteiger partial charge in [0.15, 0.2) is 0 Å². The van der Waals surface area contributed by atoms with Gasteiger partial charge in [-0.2, -0.15) is 0 Å². The molecular formula is C15H26N2O4. The minimum Gasteiger partial charge on any atom is -0.481 e. The summed E-state index contributed by atoms with van der Waals surface area (Å²) in [6.45, 7) is 9.03. The van der Waals surface area contributed by atoms with E-state index in [0.717, 1.165) is 12.8 Å². The van der Waals surface area contributed by atoms with Crippen molar-refractivity contribution >= 4 is 17.9 Å². The summed E-state index contributed by atoms with van der Waals surface area (Å²) in [5, 5.41) is 11.2. The van der Waals surface area contributed by atoms with E-state index in [1.165, 1.54) is 0 Å². The van der Waals surface area contributed by atoms with Crippen LogP contribution in [0.15, 0.2) is 0 Å². The fraction of sp³-hybridized carbons (Fsp3) is 0.800. The second-order valence-electron chi connectivity index (χ2n) is 7.42. The molecule has 3 amide bonds. The van der Waals surface area contributed by atoms with Crippen LogP contribution in [0, 0.1) is 10.8 Å². The number of likely N-dealkylation sites (tertiary alicyclic amines) is 1. The van der Waals surface area contributed by atoms with Crippen LogP contribution in [-0.2, 0) is 9.59 Å². The average molecular weight is 298 g/mol. The van der Waals surface area contributed by atoms with Crippen LogP contribution in [0.1, 0.15) is 53.4 Å². The highest BCUT2D eigenvalue weighted by Gasteiger charge is 2.30. The zero-order valence-corrected chi connectivity index (χ0v) is 13.4. The van der Waals surface area contributed by atoms with Crippen molar-refractivity contribution in [3.05, 3.63) is 0 Å². The number of carboxylic acid groups (broad SMARTS) is 1. The van der Waals surface area contributed by atoms with Crippen LogP contribution in [0.2, 0.25) is 0 Å². The lowest BCUT2D eigenvalue weighted by atomic mass is 9.83. The minimum absolute atomic E-state index is 0.0182. The Morgan fingerprint density at radius 1 is 1.14 bits per heavy atom. The lowest BCUT2D eigenvalue weighted by Crippen LogP contribution is -2.48. The average Bonchev–Trinajstić information content (AvgIpc) is 2.25. The van der Waals surface area contributed by atoms with Crippen LogP contribution in [0.25, 0.3) is 0 Å². The molecule has 120 valence electrons. The first-order valence-electron chi connectivity index (χ1n) is 7.31. The van der Waals surface area contributed by atoms with Crippen molar-refractivity contribution in [3.8, 4) is 0 Å². The quantitative estimate of drug-likeness (QED) is 0.833. The molecule has 1 saturated heterocycles. The van der Waals surface area contributed by atoms with Crippen molar-refractivity contribution in [2.75, 3.05) is 13.1 Å². The van der Waals surface area contributed by atoms with Crippen molar-refractivity contribution in [2.24, 2.45) is 10.8 Å². The zero-order chi connectivity index (χ0) is 16.3. The van der Waals surface area contributed by atoms with Gasteiger partial charge < -0.3 is 10.0 Å². The molecule has 1 fully saturated rings. The zero-order valence-electron chi connectivity index (χ0n) is 13.4. The third kappa shape index (κ3) is 6.14. The predicted octanol–water partition coefficient (Wildman–Crippen LogP) is 2.24. The normalized spacial score (nSPS) is 18.2. The predicted molar refractivity (Wildman–Crippen MR) is 78.8 cm³/mol. The molecule has 0 saturated carbocycles. The number of nitrogens with zero attached hydrogens (tertiary/aromatic N) is 1. The maximum absolute atomic E-state index is 12.0. The van der Waals surface area contributed by atoms with Gasteiger partial charge in [0.2, 0.25) is 5.91 Å². The molecule has 0 unspecified atom stereocenters. The molecule has 1 rings (SSSR count). The van der Waals surface area contributed by atoms with E-state index < -0.39 is 17.3 Å². The van der Waals surface area contributed by atoms with E-state index in [-0.39, 0.29) is 24.3 Å². The molecule has 1 aliphatic rings. The van der Waals surface area contributed by atoms with Crippen molar-refractivity contribution in [2.45, 2.75) is 53.4 Å².